The van der Waals surface area contributed by atoms with Crippen LogP contribution in [0.2, 0.25) is 0 Å². The Morgan fingerprint density at radius 3 is 2.44 bits per heavy atom. The van der Waals surface area contributed by atoms with E-state index >= 15 is 0 Å². The number of nitrogens with zero attached hydrogens (tertiary/aromatic N) is 1. The molecule has 0 saturated carbocycles. The molecule has 0 atom stereocenters. The summed E-state index contributed by atoms with van der Waals surface area (Å²) in [6.45, 7) is 0. The highest BCUT2D eigenvalue weighted by Crippen LogP contribution is 2.30. The molecule has 1 aromatic rings. The Hall–Kier alpha value is -0.580. The smallest absolute Gasteiger partial charge is 0.200 e. The maximum absolute atomic E-state index is 11.6. The number of rotatable bonds is 0. The summed E-state index contributed by atoms with van der Waals surface area (Å²) >= 11 is 0.399. The predicted octanol–water partition coefficient (Wildman–Crippen LogP) is 1.96. The zero-order chi connectivity index (χ0) is 6.91. The molecule has 5 heteroatoms. The van der Waals surface area contributed by atoms with E-state index in [2.05, 4.69) is 4.37 Å². The predicted molar refractivity (Wildman–Crippen MR) is 26.0 cm³/mol. The van der Waals surface area contributed by atoms with Gasteiger partial charge < -0.3 is 0 Å². The van der Waals surface area contributed by atoms with E-state index in [4.69, 9.17) is 0 Å². The van der Waals surface area contributed by atoms with Crippen LogP contribution in [0, 0.1) is 6.07 Å². The fourth-order valence-corrected chi connectivity index (χ4v) is 0.744. The molecule has 0 N–H and O–H groups in total. The van der Waals surface area contributed by atoms with Gasteiger partial charge in [-0.25, -0.2) is 0 Å². The first kappa shape index (κ1) is 6.54. The Kier molecular flexibility index (Phi) is 1.44. The molecule has 1 nitrogen and oxygen atoms in total. The van der Waals surface area contributed by atoms with Crippen molar-refractivity contribution in [2.75, 3.05) is 0 Å². The summed E-state index contributed by atoms with van der Waals surface area (Å²) in [5.41, 5.74) is 0. The van der Waals surface area contributed by atoms with E-state index < -0.39 is 11.1 Å². The van der Waals surface area contributed by atoms with Gasteiger partial charge in [-0.05, 0) is 11.5 Å². The molecular formula is C4HF3NS. The molecule has 0 amide bonds. The van der Waals surface area contributed by atoms with Gasteiger partial charge in [-0.3, -0.25) is 0 Å². The number of hydrogen-bond donors (Lipinski definition) is 0. The van der Waals surface area contributed by atoms with Crippen molar-refractivity contribution in [3.63, 3.8) is 0 Å². The molecule has 0 aliphatic rings. The quantitative estimate of drug-likeness (QED) is 0.553. The molecule has 0 bridgehead atoms. The first-order chi connectivity index (χ1) is 4.11. The van der Waals surface area contributed by atoms with E-state index in [1.807, 2.05) is 6.07 Å². The summed E-state index contributed by atoms with van der Waals surface area (Å²) in [7, 11) is 0. The second-order valence-corrected chi connectivity index (χ2v) is 2.10. The van der Waals surface area contributed by atoms with Crippen molar-refractivity contribution in [3.8, 4) is 0 Å². The third-order valence-corrected chi connectivity index (χ3v) is 1.39. The third kappa shape index (κ3) is 1.41. The Morgan fingerprint density at radius 1 is 1.56 bits per heavy atom. The standard InChI is InChI=1S/C4HF3NS/c5-4(6,7)3-1-2-8-9-3/h2H. The first-order valence-corrected chi connectivity index (χ1v) is 2.77. The van der Waals surface area contributed by atoms with Crippen LogP contribution in [0.25, 0.3) is 0 Å². The fourth-order valence-electron chi connectivity index (χ4n) is 0.324. The molecule has 1 heterocycles. The molecular weight excluding hydrogens is 151 g/mol. The molecule has 0 saturated heterocycles. The van der Waals surface area contributed by atoms with Gasteiger partial charge in [0.05, 0.1) is 0 Å². The van der Waals surface area contributed by atoms with Gasteiger partial charge in [0, 0.05) is 12.3 Å². The van der Waals surface area contributed by atoms with E-state index in [1.54, 1.807) is 0 Å². The summed E-state index contributed by atoms with van der Waals surface area (Å²) < 4.78 is 37.9. The minimum absolute atomic E-state index is 0.399. The Bertz CT molecular complexity index is 178. The summed E-state index contributed by atoms with van der Waals surface area (Å²) in [6.07, 6.45) is -3.27. The molecule has 0 aliphatic heterocycles. The molecule has 1 radical (unpaired) electrons. The van der Waals surface area contributed by atoms with Gasteiger partial charge >= 0.3 is 6.18 Å². The van der Waals surface area contributed by atoms with Crippen LogP contribution >= 0.6 is 11.5 Å². The van der Waals surface area contributed by atoms with Crippen LogP contribution in [0.5, 0.6) is 0 Å². The molecule has 9 heavy (non-hydrogen) atoms. The lowest BCUT2D eigenvalue weighted by Crippen LogP contribution is -2.00. The second-order valence-electron chi connectivity index (χ2n) is 1.30. The average molecular weight is 152 g/mol. The van der Waals surface area contributed by atoms with Crippen molar-refractivity contribution < 1.29 is 13.2 Å². The number of aromatic nitrogens is 1. The maximum atomic E-state index is 11.6. The van der Waals surface area contributed by atoms with Gasteiger partial charge in [-0.2, -0.15) is 17.5 Å². The minimum Gasteiger partial charge on any atom is -0.200 e. The lowest BCUT2D eigenvalue weighted by atomic mass is 10.5. The van der Waals surface area contributed by atoms with Crippen molar-refractivity contribution >= 4 is 11.5 Å². The van der Waals surface area contributed by atoms with Gasteiger partial charge in [0.15, 0.2) is 0 Å². The van der Waals surface area contributed by atoms with E-state index in [0.717, 1.165) is 6.20 Å². The van der Waals surface area contributed by atoms with Crippen LogP contribution in [0.15, 0.2) is 6.20 Å². The summed E-state index contributed by atoms with van der Waals surface area (Å²) in [5.74, 6) is 0. The average Bonchev–Trinajstić information content (AvgIpc) is 2.08. The minimum atomic E-state index is -4.28. The lowest BCUT2D eigenvalue weighted by Gasteiger charge is -1.97. The fraction of sp³-hybridized carbons (Fsp3) is 0.250. The van der Waals surface area contributed by atoms with Crippen molar-refractivity contribution in [2.45, 2.75) is 6.18 Å². The SMILES string of the molecule is FC(F)(F)c1[c]cns1. The molecule has 1 aromatic heterocycles. The maximum Gasteiger partial charge on any atom is 0.427 e. The van der Waals surface area contributed by atoms with Crippen LogP contribution in [0.1, 0.15) is 4.88 Å². The van der Waals surface area contributed by atoms with E-state index in [-0.39, 0.29) is 0 Å². The lowest BCUT2D eigenvalue weighted by molar-refractivity contribution is -0.134. The highest BCUT2D eigenvalue weighted by molar-refractivity contribution is 7.05. The van der Waals surface area contributed by atoms with E-state index in [1.165, 1.54) is 0 Å². The molecule has 49 valence electrons. The number of halogens is 3. The number of hydrogen-bond acceptors (Lipinski definition) is 2. The molecule has 0 fully saturated rings. The van der Waals surface area contributed by atoms with Crippen LogP contribution in [0.4, 0.5) is 13.2 Å². The van der Waals surface area contributed by atoms with E-state index in [9.17, 15) is 13.2 Å². The van der Waals surface area contributed by atoms with Gasteiger partial charge in [0.2, 0.25) is 0 Å². The molecule has 0 unspecified atom stereocenters. The van der Waals surface area contributed by atoms with Crippen LogP contribution in [-0.2, 0) is 6.18 Å². The molecule has 0 aliphatic carbocycles. The van der Waals surface area contributed by atoms with Crippen LogP contribution in [-0.4, -0.2) is 4.37 Å². The Labute approximate surface area is 53.3 Å². The summed E-state index contributed by atoms with van der Waals surface area (Å²) in [5, 5.41) is 0. The van der Waals surface area contributed by atoms with Crippen LogP contribution < -0.4 is 0 Å². The highest BCUT2D eigenvalue weighted by Gasteiger charge is 2.32. The topological polar surface area (TPSA) is 12.9 Å². The third-order valence-electron chi connectivity index (χ3n) is 0.650. The van der Waals surface area contributed by atoms with Crippen LogP contribution in [0.3, 0.4) is 0 Å². The van der Waals surface area contributed by atoms with Crippen molar-refractivity contribution in [1.82, 2.24) is 4.37 Å². The van der Waals surface area contributed by atoms with Gasteiger partial charge in [0.25, 0.3) is 0 Å². The number of alkyl halides is 3. The summed E-state index contributed by atoms with van der Waals surface area (Å²) in [4.78, 5) is -0.775. The second kappa shape index (κ2) is 1.98. The molecule has 1 rings (SSSR count). The largest absolute Gasteiger partial charge is 0.427 e. The van der Waals surface area contributed by atoms with Crippen molar-refractivity contribution in [1.29, 1.82) is 0 Å². The first-order valence-electron chi connectivity index (χ1n) is 2.00. The van der Waals surface area contributed by atoms with Gasteiger partial charge in [-0.1, -0.05) is 0 Å². The Morgan fingerprint density at radius 2 is 2.22 bits per heavy atom. The summed E-state index contributed by atoms with van der Waals surface area (Å²) in [6, 6.07) is 1.96. The van der Waals surface area contributed by atoms with Crippen molar-refractivity contribution in [2.24, 2.45) is 0 Å². The van der Waals surface area contributed by atoms with E-state index in [0.29, 0.717) is 11.5 Å². The van der Waals surface area contributed by atoms with Gasteiger partial charge in [0.1, 0.15) is 4.88 Å². The zero-order valence-corrected chi connectivity index (χ0v) is 4.88. The zero-order valence-electron chi connectivity index (χ0n) is 4.07. The Balaban J connectivity index is 2.90. The van der Waals surface area contributed by atoms with Crippen molar-refractivity contribution in [3.05, 3.63) is 17.1 Å². The molecule has 0 aromatic carbocycles. The van der Waals surface area contributed by atoms with Gasteiger partial charge in [-0.15, -0.1) is 0 Å². The monoisotopic (exact) mass is 152 g/mol. The normalized spacial score (nSPS) is 11.9. The highest BCUT2D eigenvalue weighted by atomic mass is 32.1. The molecule has 0 spiro atoms.